The third-order valence-corrected chi connectivity index (χ3v) is 4.93. The molecule has 0 fully saturated rings. The van der Waals surface area contributed by atoms with E-state index in [1.54, 1.807) is 0 Å². The lowest BCUT2D eigenvalue weighted by Crippen LogP contribution is -2.30. The summed E-state index contributed by atoms with van der Waals surface area (Å²) in [5.41, 5.74) is 5.68. The van der Waals surface area contributed by atoms with Gasteiger partial charge in [-0.05, 0) is 42.9 Å². The first-order valence-corrected chi connectivity index (χ1v) is 9.59. The maximum atomic E-state index is 5.58. The lowest BCUT2D eigenvalue weighted by Gasteiger charge is -2.28. The zero-order valence-corrected chi connectivity index (χ0v) is 16.1. The number of hydrogen-bond acceptors (Lipinski definition) is 5. The predicted molar refractivity (Wildman–Crippen MR) is 108 cm³/mol. The Morgan fingerprint density at radius 3 is 2.93 bits per heavy atom. The van der Waals surface area contributed by atoms with Crippen molar-refractivity contribution in [3.8, 4) is 17.0 Å². The lowest BCUT2D eigenvalue weighted by molar-refractivity contribution is 0.242. The van der Waals surface area contributed by atoms with Crippen molar-refractivity contribution < 1.29 is 4.74 Å². The summed E-state index contributed by atoms with van der Waals surface area (Å²) in [5, 5.41) is 0. The standard InChI is InChI=1S/C21H22N4OS/c1-2-26-18-5-3-4-16(10-18)19-7-6-15(11-22-19)13-25-9-8-20-17(14-25)12-23-21(27)24-20/h3-7,10-12H,2,8-9,13-14H2,1H3,(H,23,24,27). The minimum atomic E-state index is 0.565. The summed E-state index contributed by atoms with van der Waals surface area (Å²) in [4.78, 5) is 14.5. The van der Waals surface area contributed by atoms with Crippen LogP contribution in [0.15, 0.2) is 48.8 Å². The van der Waals surface area contributed by atoms with Crippen LogP contribution in [0.3, 0.4) is 0 Å². The molecule has 0 unspecified atom stereocenters. The number of nitrogens with one attached hydrogen (secondary N) is 1. The minimum Gasteiger partial charge on any atom is -0.494 e. The lowest BCUT2D eigenvalue weighted by atomic mass is 10.1. The quantitative estimate of drug-likeness (QED) is 0.676. The number of ether oxygens (including phenoxy) is 1. The van der Waals surface area contributed by atoms with Crippen LogP contribution in [0.4, 0.5) is 0 Å². The zero-order valence-electron chi connectivity index (χ0n) is 15.3. The number of benzene rings is 1. The molecule has 27 heavy (non-hydrogen) atoms. The molecule has 3 heterocycles. The number of aromatic amines is 1. The molecule has 0 saturated heterocycles. The molecule has 1 aromatic carbocycles. The summed E-state index contributed by atoms with van der Waals surface area (Å²) in [7, 11) is 0. The summed E-state index contributed by atoms with van der Waals surface area (Å²) in [6, 6.07) is 12.3. The van der Waals surface area contributed by atoms with Crippen LogP contribution in [0.1, 0.15) is 23.7 Å². The van der Waals surface area contributed by atoms with E-state index in [0.717, 1.165) is 43.1 Å². The van der Waals surface area contributed by atoms with Gasteiger partial charge in [0.05, 0.1) is 12.3 Å². The highest BCUT2D eigenvalue weighted by Gasteiger charge is 2.17. The molecule has 6 heteroatoms. The van der Waals surface area contributed by atoms with Crippen molar-refractivity contribution in [1.29, 1.82) is 0 Å². The van der Waals surface area contributed by atoms with E-state index in [1.807, 2.05) is 37.5 Å². The fourth-order valence-electron chi connectivity index (χ4n) is 3.40. The van der Waals surface area contributed by atoms with Gasteiger partial charge < -0.3 is 9.72 Å². The Balaban J connectivity index is 1.45. The molecular formula is C21H22N4OS. The Labute approximate surface area is 164 Å². The number of pyridine rings is 1. The van der Waals surface area contributed by atoms with Gasteiger partial charge >= 0.3 is 0 Å². The molecule has 1 aliphatic rings. The van der Waals surface area contributed by atoms with Crippen LogP contribution in [0.2, 0.25) is 0 Å². The summed E-state index contributed by atoms with van der Waals surface area (Å²) in [6.07, 6.45) is 4.83. The van der Waals surface area contributed by atoms with E-state index in [1.165, 1.54) is 16.8 Å². The van der Waals surface area contributed by atoms with Gasteiger partial charge in [-0.25, -0.2) is 4.98 Å². The average Bonchev–Trinajstić information content (AvgIpc) is 2.69. The molecule has 4 rings (SSSR count). The van der Waals surface area contributed by atoms with Gasteiger partial charge in [0.15, 0.2) is 4.77 Å². The van der Waals surface area contributed by atoms with Gasteiger partial charge in [-0.1, -0.05) is 18.2 Å². The van der Waals surface area contributed by atoms with Gasteiger partial charge in [-0.15, -0.1) is 0 Å². The van der Waals surface area contributed by atoms with Crippen molar-refractivity contribution in [2.24, 2.45) is 0 Å². The zero-order chi connectivity index (χ0) is 18.6. The normalized spacial score (nSPS) is 14.0. The summed E-state index contributed by atoms with van der Waals surface area (Å²) in [6.45, 7) is 5.41. The smallest absolute Gasteiger partial charge is 0.196 e. The molecule has 5 nitrogen and oxygen atoms in total. The van der Waals surface area contributed by atoms with Gasteiger partial charge in [0.2, 0.25) is 0 Å². The minimum absolute atomic E-state index is 0.565. The van der Waals surface area contributed by atoms with E-state index >= 15 is 0 Å². The van der Waals surface area contributed by atoms with E-state index in [2.05, 4.69) is 38.1 Å². The number of fused-ring (bicyclic) bond motifs is 1. The molecule has 0 saturated carbocycles. The summed E-state index contributed by atoms with van der Waals surface area (Å²) >= 11 is 5.11. The van der Waals surface area contributed by atoms with Gasteiger partial charge in [0.25, 0.3) is 0 Å². The van der Waals surface area contributed by atoms with E-state index in [9.17, 15) is 0 Å². The summed E-state index contributed by atoms with van der Waals surface area (Å²) in [5.74, 6) is 0.875. The van der Waals surface area contributed by atoms with Crippen LogP contribution in [-0.4, -0.2) is 33.0 Å². The highest BCUT2D eigenvalue weighted by Crippen LogP contribution is 2.23. The van der Waals surface area contributed by atoms with Crippen molar-refractivity contribution in [2.45, 2.75) is 26.4 Å². The first kappa shape index (κ1) is 17.8. The molecule has 2 aromatic heterocycles. The fourth-order valence-corrected chi connectivity index (χ4v) is 3.58. The highest BCUT2D eigenvalue weighted by atomic mass is 32.1. The van der Waals surface area contributed by atoms with Gasteiger partial charge in [0.1, 0.15) is 5.75 Å². The second-order valence-corrected chi connectivity index (χ2v) is 7.05. The first-order chi connectivity index (χ1) is 13.2. The number of hydrogen-bond donors (Lipinski definition) is 1. The van der Waals surface area contributed by atoms with Crippen molar-refractivity contribution in [1.82, 2.24) is 19.9 Å². The second-order valence-electron chi connectivity index (χ2n) is 6.67. The number of nitrogens with zero attached hydrogens (tertiary/aromatic N) is 3. The Morgan fingerprint density at radius 1 is 1.19 bits per heavy atom. The van der Waals surface area contributed by atoms with Crippen LogP contribution >= 0.6 is 12.2 Å². The molecule has 3 aromatic rings. The molecular weight excluding hydrogens is 356 g/mol. The van der Waals surface area contributed by atoms with E-state index in [0.29, 0.717) is 11.4 Å². The molecule has 0 amide bonds. The fraction of sp³-hybridized carbons (Fsp3) is 0.286. The second kappa shape index (κ2) is 7.98. The van der Waals surface area contributed by atoms with Crippen molar-refractivity contribution in [2.75, 3.05) is 13.2 Å². The molecule has 0 aliphatic carbocycles. The van der Waals surface area contributed by atoms with E-state index < -0.39 is 0 Å². The maximum absolute atomic E-state index is 5.58. The largest absolute Gasteiger partial charge is 0.494 e. The van der Waals surface area contributed by atoms with E-state index in [-0.39, 0.29) is 0 Å². The molecule has 0 bridgehead atoms. The molecule has 0 atom stereocenters. The van der Waals surface area contributed by atoms with Crippen molar-refractivity contribution in [3.05, 3.63) is 70.4 Å². The van der Waals surface area contributed by atoms with Crippen molar-refractivity contribution >= 4 is 12.2 Å². The first-order valence-electron chi connectivity index (χ1n) is 9.19. The molecule has 138 valence electrons. The van der Waals surface area contributed by atoms with Crippen LogP contribution in [0.5, 0.6) is 5.75 Å². The number of rotatable bonds is 5. The van der Waals surface area contributed by atoms with Gasteiger partial charge in [-0.3, -0.25) is 9.88 Å². The third-order valence-electron chi connectivity index (χ3n) is 4.73. The van der Waals surface area contributed by atoms with Crippen LogP contribution < -0.4 is 4.74 Å². The molecule has 0 radical (unpaired) electrons. The number of H-pyrrole nitrogens is 1. The average molecular weight is 379 g/mol. The van der Waals surface area contributed by atoms with Crippen LogP contribution in [0, 0.1) is 4.77 Å². The Bertz CT molecular complexity index is 984. The Morgan fingerprint density at radius 2 is 2.11 bits per heavy atom. The Kier molecular flexibility index (Phi) is 5.27. The highest BCUT2D eigenvalue weighted by molar-refractivity contribution is 7.71. The predicted octanol–water partition coefficient (Wildman–Crippen LogP) is 4.16. The van der Waals surface area contributed by atoms with Crippen molar-refractivity contribution in [3.63, 3.8) is 0 Å². The molecule has 1 aliphatic heterocycles. The maximum Gasteiger partial charge on any atom is 0.196 e. The van der Waals surface area contributed by atoms with E-state index in [4.69, 9.17) is 17.0 Å². The monoisotopic (exact) mass is 378 g/mol. The van der Waals surface area contributed by atoms with Gasteiger partial charge in [0, 0.05) is 55.3 Å². The summed E-state index contributed by atoms with van der Waals surface area (Å²) < 4.78 is 6.14. The van der Waals surface area contributed by atoms with Crippen LogP contribution in [0.25, 0.3) is 11.3 Å². The third kappa shape index (κ3) is 4.23. The SMILES string of the molecule is CCOc1cccc(-c2ccc(CN3CCc4[nH]c(=S)ncc4C3)cn2)c1. The molecule has 0 spiro atoms. The molecule has 1 N–H and O–H groups in total. The number of aromatic nitrogens is 3. The Hall–Kier alpha value is -2.57. The topological polar surface area (TPSA) is 54.0 Å². The van der Waals surface area contributed by atoms with Gasteiger partial charge in [-0.2, -0.15) is 0 Å². The van der Waals surface area contributed by atoms with Crippen LogP contribution in [-0.2, 0) is 19.5 Å².